The first-order chi connectivity index (χ1) is 24.5. The van der Waals surface area contributed by atoms with Crippen molar-refractivity contribution in [3.63, 3.8) is 0 Å². The second-order valence-corrected chi connectivity index (χ2v) is 13.8. The van der Waals surface area contributed by atoms with Gasteiger partial charge in [-0.05, 0) is 80.6 Å². The zero-order valence-electron chi connectivity index (χ0n) is 27.8. The SMILES string of the molecule is CC1(C)c2ccccc2-c2ccc(-c3ccc(-c4nc(-c5ccccc5)cc(-c5ccc6c(c5)oc5ccccc56)n4)c4ccccc34)cc21. The van der Waals surface area contributed by atoms with Crippen molar-refractivity contribution in [2.45, 2.75) is 19.3 Å². The highest BCUT2D eigenvalue weighted by atomic mass is 16.3. The van der Waals surface area contributed by atoms with Gasteiger partial charge in [0.1, 0.15) is 11.2 Å². The van der Waals surface area contributed by atoms with Crippen LogP contribution in [0.25, 0.3) is 88.9 Å². The zero-order chi connectivity index (χ0) is 33.4. The summed E-state index contributed by atoms with van der Waals surface area (Å²) in [6.45, 7) is 4.67. The van der Waals surface area contributed by atoms with Gasteiger partial charge in [0, 0.05) is 32.9 Å². The Balaban J connectivity index is 1.14. The van der Waals surface area contributed by atoms with Crippen molar-refractivity contribution in [3.05, 3.63) is 169 Å². The number of hydrogen-bond acceptors (Lipinski definition) is 3. The van der Waals surface area contributed by atoms with Crippen LogP contribution >= 0.6 is 0 Å². The Bertz CT molecular complexity index is 2790. The van der Waals surface area contributed by atoms with Gasteiger partial charge in [-0.1, -0.05) is 135 Å². The minimum atomic E-state index is -0.0643. The van der Waals surface area contributed by atoms with Crippen LogP contribution in [0.4, 0.5) is 0 Å². The summed E-state index contributed by atoms with van der Waals surface area (Å²) in [5.74, 6) is 0.694. The minimum absolute atomic E-state index is 0.0643. The van der Waals surface area contributed by atoms with Crippen LogP contribution in [0.2, 0.25) is 0 Å². The number of hydrogen-bond donors (Lipinski definition) is 0. The molecule has 2 aromatic heterocycles. The van der Waals surface area contributed by atoms with Gasteiger partial charge in [-0.25, -0.2) is 9.97 Å². The van der Waals surface area contributed by atoms with Gasteiger partial charge in [-0.3, -0.25) is 0 Å². The molecule has 9 aromatic rings. The molecule has 0 aliphatic heterocycles. The molecule has 0 fully saturated rings. The first-order valence-corrected chi connectivity index (χ1v) is 17.2. The average molecular weight is 641 g/mol. The lowest BCUT2D eigenvalue weighted by molar-refractivity contribution is 0.660. The molecular formula is C47H32N2O. The quantitative estimate of drug-likeness (QED) is 0.192. The molecular weight excluding hydrogens is 609 g/mol. The van der Waals surface area contributed by atoms with E-state index in [0.717, 1.165) is 55.4 Å². The number of furan rings is 1. The zero-order valence-corrected chi connectivity index (χ0v) is 27.8. The molecule has 0 atom stereocenters. The van der Waals surface area contributed by atoms with Crippen molar-refractivity contribution in [1.29, 1.82) is 0 Å². The van der Waals surface area contributed by atoms with E-state index in [1.807, 2.05) is 24.3 Å². The predicted octanol–water partition coefficient (Wildman–Crippen LogP) is 12.5. The van der Waals surface area contributed by atoms with Crippen LogP contribution in [-0.2, 0) is 5.41 Å². The fourth-order valence-electron chi connectivity index (χ4n) is 7.98. The molecule has 7 aromatic carbocycles. The number of fused-ring (bicyclic) bond motifs is 7. The van der Waals surface area contributed by atoms with Crippen LogP contribution < -0.4 is 0 Å². The summed E-state index contributed by atoms with van der Waals surface area (Å²) < 4.78 is 6.27. The van der Waals surface area contributed by atoms with Crippen LogP contribution in [0, 0.1) is 0 Å². The van der Waals surface area contributed by atoms with E-state index in [4.69, 9.17) is 14.4 Å². The lowest BCUT2D eigenvalue weighted by atomic mass is 9.81. The largest absolute Gasteiger partial charge is 0.456 e. The lowest BCUT2D eigenvalue weighted by Crippen LogP contribution is -2.14. The van der Waals surface area contributed by atoms with Gasteiger partial charge in [0.05, 0.1) is 11.4 Å². The van der Waals surface area contributed by atoms with Crippen molar-refractivity contribution in [3.8, 4) is 56.2 Å². The minimum Gasteiger partial charge on any atom is -0.456 e. The van der Waals surface area contributed by atoms with Crippen molar-refractivity contribution in [2.24, 2.45) is 0 Å². The second-order valence-electron chi connectivity index (χ2n) is 13.8. The van der Waals surface area contributed by atoms with E-state index in [-0.39, 0.29) is 5.41 Å². The highest BCUT2D eigenvalue weighted by molar-refractivity contribution is 6.06. The lowest BCUT2D eigenvalue weighted by Gasteiger charge is -2.22. The standard InChI is InChI=1S/C47H32N2O/c1-47(2)40-18-10-8-16-35(40)36-22-20-30(26-41(36)47)32-24-25-39(34-15-7-6-14-33(32)34)46-48-42(29-12-4-3-5-13-29)28-43(49-46)31-21-23-38-37-17-9-11-19-44(37)50-45(38)27-31/h3-28H,1-2H3. The molecule has 50 heavy (non-hydrogen) atoms. The number of para-hydroxylation sites is 1. The summed E-state index contributed by atoms with van der Waals surface area (Å²) in [6.07, 6.45) is 0. The van der Waals surface area contributed by atoms with Gasteiger partial charge in [-0.2, -0.15) is 0 Å². The van der Waals surface area contributed by atoms with Crippen molar-refractivity contribution >= 4 is 32.7 Å². The Hall–Kier alpha value is -6.32. The van der Waals surface area contributed by atoms with E-state index in [9.17, 15) is 0 Å². The van der Waals surface area contributed by atoms with Crippen LogP contribution in [0.15, 0.2) is 162 Å². The summed E-state index contributed by atoms with van der Waals surface area (Å²) in [4.78, 5) is 10.5. The molecule has 0 spiro atoms. The van der Waals surface area contributed by atoms with E-state index < -0.39 is 0 Å². The summed E-state index contributed by atoms with van der Waals surface area (Å²) in [5.41, 5.74) is 14.3. The summed E-state index contributed by atoms with van der Waals surface area (Å²) in [6, 6.07) is 55.9. The normalized spacial score (nSPS) is 13.2. The maximum absolute atomic E-state index is 6.27. The van der Waals surface area contributed by atoms with Gasteiger partial charge in [-0.15, -0.1) is 0 Å². The molecule has 0 radical (unpaired) electrons. The van der Waals surface area contributed by atoms with Gasteiger partial charge in [0.25, 0.3) is 0 Å². The Morgan fingerprint density at radius 2 is 1.00 bits per heavy atom. The highest BCUT2D eigenvalue weighted by Gasteiger charge is 2.35. The summed E-state index contributed by atoms with van der Waals surface area (Å²) in [7, 11) is 0. The van der Waals surface area contributed by atoms with Crippen molar-refractivity contribution in [1.82, 2.24) is 9.97 Å². The van der Waals surface area contributed by atoms with E-state index in [2.05, 4.69) is 147 Å². The Morgan fingerprint density at radius 3 is 1.84 bits per heavy atom. The molecule has 236 valence electrons. The molecule has 0 unspecified atom stereocenters. The van der Waals surface area contributed by atoms with Crippen LogP contribution in [-0.4, -0.2) is 9.97 Å². The fourth-order valence-corrected chi connectivity index (χ4v) is 7.98. The monoisotopic (exact) mass is 640 g/mol. The molecule has 0 bridgehead atoms. The molecule has 3 nitrogen and oxygen atoms in total. The third-order valence-electron chi connectivity index (χ3n) is 10.5. The third kappa shape index (κ3) is 4.37. The van der Waals surface area contributed by atoms with Crippen LogP contribution in [0.3, 0.4) is 0 Å². The van der Waals surface area contributed by atoms with E-state index in [0.29, 0.717) is 5.82 Å². The smallest absolute Gasteiger partial charge is 0.161 e. The molecule has 1 aliphatic rings. The topological polar surface area (TPSA) is 38.9 Å². The first-order valence-electron chi connectivity index (χ1n) is 17.2. The molecule has 0 saturated carbocycles. The fraction of sp³-hybridized carbons (Fsp3) is 0.0638. The molecule has 0 N–H and O–H groups in total. The Morgan fingerprint density at radius 1 is 0.400 bits per heavy atom. The maximum atomic E-state index is 6.27. The van der Waals surface area contributed by atoms with Crippen LogP contribution in [0.1, 0.15) is 25.0 Å². The molecule has 0 amide bonds. The van der Waals surface area contributed by atoms with Gasteiger partial charge >= 0.3 is 0 Å². The summed E-state index contributed by atoms with van der Waals surface area (Å²) in [5, 5.41) is 4.52. The van der Waals surface area contributed by atoms with Gasteiger partial charge < -0.3 is 4.42 Å². The third-order valence-corrected chi connectivity index (χ3v) is 10.5. The molecule has 1 aliphatic carbocycles. The van der Waals surface area contributed by atoms with Crippen LogP contribution in [0.5, 0.6) is 0 Å². The number of aromatic nitrogens is 2. The predicted molar refractivity (Wildman–Crippen MR) is 206 cm³/mol. The number of benzene rings is 7. The Kier molecular flexibility index (Phi) is 6.22. The summed E-state index contributed by atoms with van der Waals surface area (Å²) >= 11 is 0. The van der Waals surface area contributed by atoms with Crippen molar-refractivity contribution < 1.29 is 4.42 Å². The van der Waals surface area contributed by atoms with E-state index >= 15 is 0 Å². The average Bonchev–Trinajstić information content (AvgIpc) is 3.66. The maximum Gasteiger partial charge on any atom is 0.161 e. The van der Waals surface area contributed by atoms with Crippen molar-refractivity contribution in [2.75, 3.05) is 0 Å². The first kappa shape index (κ1) is 28.7. The van der Waals surface area contributed by atoms with E-state index in [1.54, 1.807) is 0 Å². The van der Waals surface area contributed by atoms with E-state index in [1.165, 1.54) is 38.8 Å². The highest BCUT2D eigenvalue weighted by Crippen LogP contribution is 2.50. The number of rotatable bonds is 4. The molecule has 10 rings (SSSR count). The van der Waals surface area contributed by atoms with Gasteiger partial charge in [0.2, 0.25) is 0 Å². The Labute approximate surface area is 290 Å². The molecule has 0 saturated heterocycles. The second kappa shape index (κ2) is 10.8. The molecule has 3 heteroatoms. The van der Waals surface area contributed by atoms with Gasteiger partial charge in [0.15, 0.2) is 5.82 Å². The number of nitrogens with zero attached hydrogens (tertiary/aromatic N) is 2. The molecule has 2 heterocycles.